The molecule has 0 aliphatic heterocycles. The van der Waals surface area contributed by atoms with E-state index < -0.39 is 11.9 Å². The second kappa shape index (κ2) is 11.8. The highest BCUT2D eigenvalue weighted by Crippen LogP contribution is 2.33. The molecule has 0 bridgehead atoms. The molecular formula is C35H30N4O5. The number of aromatic amines is 2. The van der Waals surface area contributed by atoms with Crippen LogP contribution in [0.15, 0.2) is 119 Å². The quantitative estimate of drug-likeness (QED) is 0.176. The van der Waals surface area contributed by atoms with Crippen LogP contribution in [-0.2, 0) is 0 Å². The van der Waals surface area contributed by atoms with Gasteiger partial charge in [0.25, 0.3) is 11.1 Å². The molecule has 0 atom stereocenters. The van der Waals surface area contributed by atoms with Gasteiger partial charge in [0.15, 0.2) is 0 Å². The zero-order valence-electron chi connectivity index (χ0n) is 24.4. The summed E-state index contributed by atoms with van der Waals surface area (Å²) >= 11 is 0. The normalized spacial score (nSPS) is 11.1. The zero-order chi connectivity index (χ0) is 30.8. The van der Waals surface area contributed by atoms with Crippen LogP contribution in [-0.4, -0.2) is 32.6 Å². The summed E-state index contributed by atoms with van der Waals surface area (Å²) < 4.78 is 13.7. The Morgan fingerprint density at radius 2 is 1.09 bits per heavy atom. The summed E-state index contributed by atoms with van der Waals surface area (Å²) in [7, 11) is 1.56. The second-order valence-electron chi connectivity index (χ2n) is 10.4. The van der Waals surface area contributed by atoms with Gasteiger partial charge in [-0.1, -0.05) is 48.5 Å². The average Bonchev–Trinajstić information content (AvgIpc) is 3.52. The average molecular weight is 587 g/mol. The van der Waals surface area contributed by atoms with Crippen LogP contribution in [0.2, 0.25) is 0 Å². The number of carbonyl (C=O) groups is 1. The van der Waals surface area contributed by atoms with Crippen molar-refractivity contribution in [1.82, 2.24) is 19.6 Å². The number of nitrogens with one attached hydrogen (secondary N) is 2. The van der Waals surface area contributed by atoms with E-state index in [-0.39, 0.29) is 11.1 Å². The number of hydrogen-bond donors (Lipinski definition) is 2. The van der Waals surface area contributed by atoms with Gasteiger partial charge in [0.2, 0.25) is 0 Å². The number of H-pyrrole nitrogens is 2. The first kappa shape index (κ1) is 28.3. The molecule has 6 aromatic rings. The van der Waals surface area contributed by atoms with E-state index in [2.05, 4.69) is 10.2 Å². The van der Waals surface area contributed by atoms with Crippen molar-refractivity contribution in [3.05, 3.63) is 164 Å². The van der Waals surface area contributed by atoms with Crippen molar-refractivity contribution in [2.45, 2.75) is 19.8 Å². The van der Waals surface area contributed by atoms with E-state index in [0.29, 0.717) is 56.5 Å². The Labute approximate surface area is 252 Å². The minimum atomic E-state index is -0.719. The lowest BCUT2D eigenvalue weighted by molar-refractivity contribution is 0.0734. The standard InChI is InChI=1S/C35H30N4O5/c1-22-30(33(40)38(36-22)26-10-6-4-7-11-26)32(31-23(2)37-39(34(31)41)27-12-8-5-9-13-27)24-14-20-29(21-15-24)44-35(42)25-16-18-28(43-3)19-17-25/h4-21,32,36-37H,1-3H3. The van der Waals surface area contributed by atoms with Gasteiger partial charge >= 0.3 is 5.97 Å². The molecule has 2 aromatic heterocycles. The fourth-order valence-corrected chi connectivity index (χ4v) is 5.42. The molecule has 0 aliphatic carbocycles. The maximum Gasteiger partial charge on any atom is 0.343 e. The van der Waals surface area contributed by atoms with Gasteiger partial charge in [0, 0.05) is 17.3 Å². The van der Waals surface area contributed by atoms with Crippen LogP contribution in [0.5, 0.6) is 11.5 Å². The van der Waals surface area contributed by atoms with E-state index in [0.717, 1.165) is 0 Å². The third kappa shape index (κ3) is 5.27. The molecule has 2 heterocycles. The van der Waals surface area contributed by atoms with Gasteiger partial charge in [0.05, 0.1) is 35.2 Å². The van der Waals surface area contributed by atoms with Gasteiger partial charge in [-0.05, 0) is 80.1 Å². The van der Waals surface area contributed by atoms with Gasteiger partial charge in [-0.25, -0.2) is 14.2 Å². The Hall–Kier alpha value is -5.83. The Kier molecular flexibility index (Phi) is 7.59. The summed E-state index contributed by atoms with van der Waals surface area (Å²) in [5, 5.41) is 6.39. The Morgan fingerprint density at radius 1 is 0.636 bits per heavy atom. The van der Waals surface area contributed by atoms with Gasteiger partial charge in [-0.3, -0.25) is 19.8 Å². The van der Waals surface area contributed by atoms with E-state index in [1.807, 2.05) is 74.5 Å². The number of methoxy groups -OCH3 is 1. The molecule has 44 heavy (non-hydrogen) atoms. The highest BCUT2D eigenvalue weighted by molar-refractivity contribution is 5.91. The largest absolute Gasteiger partial charge is 0.497 e. The van der Waals surface area contributed by atoms with Crippen molar-refractivity contribution in [2.24, 2.45) is 0 Å². The number of aromatic nitrogens is 4. The van der Waals surface area contributed by atoms with Gasteiger partial charge in [-0.15, -0.1) is 0 Å². The van der Waals surface area contributed by atoms with Crippen molar-refractivity contribution in [2.75, 3.05) is 7.11 Å². The summed E-state index contributed by atoms with van der Waals surface area (Å²) in [5.74, 6) is -0.275. The number of esters is 1. The number of hydrogen-bond acceptors (Lipinski definition) is 5. The van der Waals surface area contributed by atoms with Crippen molar-refractivity contribution in [3.63, 3.8) is 0 Å². The van der Waals surface area contributed by atoms with Gasteiger partial charge in [0.1, 0.15) is 11.5 Å². The number of benzene rings is 4. The van der Waals surface area contributed by atoms with Crippen LogP contribution in [0.25, 0.3) is 11.4 Å². The van der Waals surface area contributed by atoms with Crippen LogP contribution in [0, 0.1) is 13.8 Å². The minimum absolute atomic E-state index is 0.264. The summed E-state index contributed by atoms with van der Waals surface area (Å²) in [6, 6.07) is 32.1. The number of ether oxygens (including phenoxy) is 2. The van der Waals surface area contributed by atoms with Crippen molar-refractivity contribution in [3.8, 4) is 22.9 Å². The maximum absolute atomic E-state index is 14.0. The molecule has 4 aromatic carbocycles. The third-order valence-electron chi connectivity index (χ3n) is 7.59. The molecule has 2 N–H and O–H groups in total. The lowest BCUT2D eigenvalue weighted by Crippen LogP contribution is -2.25. The molecule has 0 saturated carbocycles. The predicted octanol–water partition coefficient (Wildman–Crippen LogP) is 5.67. The minimum Gasteiger partial charge on any atom is -0.497 e. The second-order valence-corrected chi connectivity index (χ2v) is 10.4. The van der Waals surface area contributed by atoms with E-state index in [9.17, 15) is 14.4 Å². The van der Waals surface area contributed by atoms with Gasteiger partial charge in [-0.2, -0.15) is 0 Å². The number of nitrogens with zero attached hydrogens (tertiary/aromatic N) is 2. The van der Waals surface area contributed by atoms with Crippen molar-refractivity contribution < 1.29 is 14.3 Å². The molecule has 0 amide bonds. The molecule has 0 fully saturated rings. The number of rotatable bonds is 8. The highest BCUT2D eigenvalue weighted by atomic mass is 16.5. The van der Waals surface area contributed by atoms with Crippen molar-refractivity contribution in [1.29, 1.82) is 0 Å². The van der Waals surface area contributed by atoms with Crippen LogP contribution < -0.4 is 20.6 Å². The fraction of sp³-hybridized carbons (Fsp3) is 0.114. The first-order valence-electron chi connectivity index (χ1n) is 14.1. The predicted molar refractivity (Wildman–Crippen MR) is 168 cm³/mol. The molecule has 0 saturated heterocycles. The van der Waals surface area contributed by atoms with E-state index in [4.69, 9.17) is 9.47 Å². The summed E-state index contributed by atoms with van der Waals surface area (Å²) in [4.78, 5) is 40.8. The summed E-state index contributed by atoms with van der Waals surface area (Å²) in [6.07, 6.45) is 0. The van der Waals surface area contributed by atoms with Crippen LogP contribution in [0.3, 0.4) is 0 Å². The third-order valence-corrected chi connectivity index (χ3v) is 7.59. The SMILES string of the molecule is COc1ccc(C(=O)Oc2ccc(C(c3c(C)[nH]n(-c4ccccc4)c3=O)c3c(C)[nH]n(-c4ccccc4)c3=O)cc2)cc1. The molecule has 0 aliphatic rings. The van der Waals surface area contributed by atoms with E-state index in [1.54, 1.807) is 55.6 Å². The highest BCUT2D eigenvalue weighted by Gasteiger charge is 2.31. The summed E-state index contributed by atoms with van der Waals surface area (Å²) in [6.45, 7) is 3.65. The van der Waals surface area contributed by atoms with Gasteiger partial charge < -0.3 is 9.47 Å². The maximum atomic E-state index is 14.0. The smallest absolute Gasteiger partial charge is 0.343 e. The lowest BCUT2D eigenvalue weighted by atomic mass is 9.85. The van der Waals surface area contributed by atoms with Crippen molar-refractivity contribution >= 4 is 5.97 Å². The number of aryl methyl sites for hydroxylation is 2. The number of carbonyl (C=O) groups excluding carboxylic acids is 1. The number of para-hydroxylation sites is 2. The monoisotopic (exact) mass is 586 g/mol. The molecule has 220 valence electrons. The summed E-state index contributed by atoms with van der Waals surface area (Å²) in [5.41, 5.74) is 4.04. The lowest BCUT2D eigenvalue weighted by Gasteiger charge is -2.16. The van der Waals surface area contributed by atoms with Crippen LogP contribution in [0.1, 0.15) is 44.4 Å². The molecule has 0 radical (unpaired) electrons. The molecule has 9 heteroatoms. The topological polar surface area (TPSA) is 111 Å². The molecule has 0 unspecified atom stereocenters. The molecule has 6 rings (SSSR count). The fourth-order valence-electron chi connectivity index (χ4n) is 5.42. The molecule has 9 nitrogen and oxygen atoms in total. The molecule has 0 spiro atoms. The Bertz CT molecular complexity index is 1940. The Balaban J connectivity index is 1.44. The first-order valence-corrected chi connectivity index (χ1v) is 14.1. The van der Waals surface area contributed by atoms with Crippen LogP contribution >= 0.6 is 0 Å². The van der Waals surface area contributed by atoms with E-state index in [1.165, 1.54) is 9.36 Å². The first-order chi connectivity index (χ1) is 21.4. The zero-order valence-corrected chi connectivity index (χ0v) is 24.4. The molecular weight excluding hydrogens is 556 g/mol. The van der Waals surface area contributed by atoms with E-state index >= 15 is 0 Å². The Morgan fingerprint density at radius 3 is 1.55 bits per heavy atom. The van der Waals surface area contributed by atoms with Crippen LogP contribution in [0.4, 0.5) is 0 Å².